The van der Waals surface area contributed by atoms with Gasteiger partial charge in [-0.15, -0.1) is 0 Å². The van der Waals surface area contributed by atoms with Gasteiger partial charge in [0.05, 0.1) is 47.6 Å². The van der Waals surface area contributed by atoms with E-state index in [4.69, 9.17) is 0 Å². The number of carbonyl (C=O) groups excluding carboxylic acids is 7. The normalized spacial score (nSPS) is 11.5. The average molecular weight is 635 g/mol. The molecule has 0 atom stereocenters. The summed E-state index contributed by atoms with van der Waals surface area (Å²) >= 11 is 0. The van der Waals surface area contributed by atoms with E-state index in [-0.39, 0.29) is 39.2 Å². The molecule has 0 amide bonds. The molecule has 0 bridgehead atoms. The van der Waals surface area contributed by atoms with Crippen LogP contribution in [0.5, 0.6) is 0 Å². The van der Waals surface area contributed by atoms with Gasteiger partial charge in [-0.25, -0.2) is 28.8 Å². The van der Waals surface area contributed by atoms with E-state index in [0.29, 0.717) is 6.42 Å². The fourth-order valence-electron chi connectivity index (χ4n) is 3.77. The zero-order valence-electron chi connectivity index (χ0n) is 27.0. The number of ketones is 1. The van der Waals surface area contributed by atoms with Crippen molar-refractivity contribution in [2.24, 2.45) is 0 Å². The van der Waals surface area contributed by atoms with E-state index in [1.807, 2.05) is 58.0 Å². The third-order valence-corrected chi connectivity index (χ3v) is 5.98. The number of methoxy groups -OCH3 is 2. The van der Waals surface area contributed by atoms with Gasteiger partial charge in [0.1, 0.15) is 0 Å². The maximum absolute atomic E-state index is 11.4. The van der Waals surface area contributed by atoms with Crippen LogP contribution in [0.15, 0.2) is 66.7 Å². The summed E-state index contributed by atoms with van der Waals surface area (Å²) < 4.78 is 17.7. The molecule has 0 spiro atoms. The molecule has 2 heterocycles. The molecule has 0 aromatic heterocycles. The Morgan fingerprint density at radius 1 is 0.565 bits per heavy atom. The first-order valence-electron chi connectivity index (χ1n) is 14.7. The van der Waals surface area contributed by atoms with Crippen LogP contribution in [0.25, 0.3) is 0 Å². The van der Waals surface area contributed by atoms with Crippen molar-refractivity contribution >= 4 is 41.6 Å². The van der Waals surface area contributed by atoms with Crippen molar-refractivity contribution in [3.63, 3.8) is 0 Å². The van der Waals surface area contributed by atoms with Crippen LogP contribution < -0.4 is 0 Å². The molecule has 5 rings (SSSR count). The van der Waals surface area contributed by atoms with Gasteiger partial charge < -0.3 is 18.9 Å². The number of esters is 6. The molecule has 0 saturated heterocycles. The lowest BCUT2D eigenvalue weighted by atomic mass is 10.1. The molecule has 2 aliphatic heterocycles. The van der Waals surface area contributed by atoms with Crippen LogP contribution in [0.4, 0.5) is 0 Å². The Kier molecular flexibility index (Phi) is 16.6. The van der Waals surface area contributed by atoms with Crippen LogP contribution in [0.1, 0.15) is 126 Å². The molecule has 0 unspecified atom stereocenters. The second-order valence-electron chi connectivity index (χ2n) is 8.75. The lowest BCUT2D eigenvalue weighted by Crippen LogP contribution is -2.03. The molecule has 0 radical (unpaired) electrons. The Morgan fingerprint density at radius 2 is 0.957 bits per heavy atom. The molecule has 3 aromatic rings. The summed E-state index contributed by atoms with van der Waals surface area (Å²) in [7, 11) is 2.47. The van der Waals surface area contributed by atoms with E-state index < -0.39 is 35.8 Å². The van der Waals surface area contributed by atoms with E-state index in [0.717, 1.165) is 18.4 Å². The molecule has 2 aliphatic rings. The molecular formula is C35H38O11. The molecule has 0 N–H and O–H groups in total. The van der Waals surface area contributed by atoms with Gasteiger partial charge in [-0.2, -0.15) is 0 Å². The zero-order chi connectivity index (χ0) is 34.8. The number of ether oxygens (including phenoxy) is 4. The minimum atomic E-state index is -0.735. The summed E-state index contributed by atoms with van der Waals surface area (Å²) in [4.78, 5) is 78.1. The lowest BCUT2D eigenvalue weighted by molar-refractivity contribution is 0.0425. The highest BCUT2D eigenvalue weighted by atomic mass is 16.6. The molecule has 244 valence electrons. The summed E-state index contributed by atoms with van der Waals surface area (Å²) in [5, 5.41) is 0. The Hall–Kier alpha value is -5.45. The minimum Gasteiger partial charge on any atom is -0.465 e. The van der Waals surface area contributed by atoms with Crippen molar-refractivity contribution in [1.29, 1.82) is 0 Å². The van der Waals surface area contributed by atoms with Gasteiger partial charge in [-0.05, 0) is 42.8 Å². The van der Waals surface area contributed by atoms with Crippen molar-refractivity contribution in [1.82, 2.24) is 0 Å². The first kappa shape index (κ1) is 38.6. The van der Waals surface area contributed by atoms with Gasteiger partial charge in [0.15, 0.2) is 5.78 Å². The number of carbonyl (C=O) groups is 7. The summed E-state index contributed by atoms with van der Waals surface area (Å²) in [5.74, 6) is -3.72. The molecule has 0 fully saturated rings. The molecule has 0 saturated carbocycles. The fourth-order valence-corrected chi connectivity index (χ4v) is 3.77. The van der Waals surface area contributed by atoms with E-state index in [2.05, 4.69) is 25.9 Å². The molecule has 3 aromatic carbocycles. The highest BCUT2D eigenvalue weighted by Gasteiger charge is 2.31. The highest BCUT2D eigenvalue weighted by molar-refractivity contribution is 6.16. The monoisotopic (exact) mass is 634 g/mol. The number of benzene rings is 3. The number of cyclic esters (lactones) is 4. The number of rotatable bonds is 6. The van der Waals surface area contributed by atoms with Crippen LogP contribution in [-0.4, -0.2) is 55.8 Å². The third-order valence-electron chi connectivity index (χ3n) is 5.98. The van der Waals surface area contributed by atoms with Gasteiger partial charge in [0.25, 0.3) is 0 Å². The van der Waals surface area contributed by atoms with Crippen LogP contribution in [0, 0.1) is 0 Å². The summed E-state index contributed by atoms with van der Waals surface area (Å²) in [6.07, 6.45) is 2.76. The summed E-state index contributed by atoms with van der Waals surface area (Å²) in [6.45, 7) is 10.1. The molecule has 11 heteroatoms. The van der Waals surface area contributed by atoms with Gasteiger partial charge in [-0.3, -0.25) is 4.79 Å². The zero-order valence-corrected chi connectivity index (χ0v) is 27.0. The number of Topliss-reactive ketones (excluding diaryl/α,β-unsaturated/α-hetero) is 1. The Bertz CT molecular complexity index is 1470. The fraction of sp³-hybridized carbons (Fsp3) is 0.286. The largest absolute Gasteiger partial charge is 0.465 e. The minimum absolute atomic E-state index is 0.0999. The van der Waals surface area contributed by atoms with Gasteiger partial charge in [0.2, 0.25) is 0 Å². The maximum Gasteiger partial charge on any atom is 0.346 e. The Balaban J connectivity index is 0.000000329. The number of fused-ring (bicyclic) bond motifs is 2. The van der Waals surface area contributed by atoms with Crippen LogP contribution >= 0.6 is 0 Å². The molecule has 11 nitrogen and oxygen atoms in total. The summed E-state index contributed by atoms with van der Waals surface area (Å²) in [6, 6.07) is 17.6. The second kappa shape index (κ2) is 19.8. The molecule has 46 heavy (non-hydrogen) atoms. The molecule has 0 aliphatic carbocycles. The first-order chi connectivity index (χ1) is 22.1. The van der Waals surface area contributed by atoms with Crippen molar-refractivity contribution in [2.75, 3.05) is 14.2 Å². The second-order valence-corrected chi connectivity index (χ2v) is 8.75. The Labute approximate surface area is 267 Å². The maximum atomic E-state index is 11.4. The third kappa shape index (κ3) is 10.3. The highest BCUT2D eigenvalue weighted by Crippen LogP contribution is 2.22. The van der Waals surface area contributed by atoms with E-state index in [1.54, 1.807) is 0 Å². The van der Waals surface area contributed by atoms with Crippen LogP contribution in [0.2, 0.25) is 0 Å². The lowest BCUT2D eigenvalue weighted by Gasteiger charge is -1.99. The smallest absolute Gasteiger partial charge is 0.346 e. The predicted octanol–water partition coefficient (Wildman–Crippen LogP) is 6.68. The number of unbranched alkanes of at least 4 members (excludes halogenated alkanes) is 1. The van der Waals surface area contributed by atoms with Crippen molar-refractivity contribution < 1.29 is 52.5 Å². The quantitative estimate of drug-likeness (QED) is 0.123. The van der Waals surface area contributed by atoms with Crippen molar-refractivity contribution in [3.05, 3.63) is 106 Å². The average Bonchev–Trinajstić information content (AvgIpc) is 3.56. The van der Waals surface area contributed by atoms with Crippen LogP contribution in [0.3, 0.4) is 0 Å². The predicted molar refractivity (Wildman–Crippen MR) is 168 cm³/mol. The van der Waals surface area contributed by atoms with Crippen molar-refractivity contribution in [2.45, 2.75) is 53.9 Å². The van der Waals surface area contributed by atoms with Crippen molar-refractivity contribution in [3.8, 4) is 0 Å². The SMILES string of the molecule is CC.CC.CCCCC(=O)c1ccccc1.COC(=O)c1ccc2c(c1)C(=O)OC2=O.COC(=O)c1ccc2c(c1)C(=O)OC2=O. The molecular weight excluding hydrogens is 596 g/mol. The first-order valence-corrected chi connectivity index (χ1v) is 14.7. The standard InChI is InChI=1S/C11H14O.2C10H6O5.2C2H6/c1-2-3-9-11(12)10-7-5-4-6-8-10;2*1-14-8(11)5-2-3-6-7(4-5)10(13)15-9(6)12;2*1-2/h4-8H,2-3,9H2,1H3;2*2-4H,1H3;2*1-2H3. The van der Waals surface area contributed by atoms with E-state index in [1.165, 1.54) is 50.6 Å². The van der Waals surface area contributed by atoms with E-state index in [9.17, 15) is 33.6 Å². The van der Waals surface area contributed by atoms with Crippen LogP contribution in [-0.2, 0) is 18.9 Å². The topological polar surface area (TPSA) is 156 Å². The summed E-state index contributed by atoms with van der Waals surface area (Å²) in [5.41, 5.74) is 1.81. The van der Waals surface area contributed by atoms with Gasteiger partial charge in [0, 0.05) is 12.0 Å². The number of hydrogen-bond acceptors (Lipinski definition) is 11. The number of hydrogen-bond donors (Lipinski definition) is 0. The Morgan fingerprint density at radius 3 is 1.33 bits per heavy atom. The van der Waals surface area contributed by atoms with Gasteiger partial charge >= 0.3 is 35.8 Å². The van der Waals surface area contributed by atoms with E-state index >= 15 is 0 Å². The van der Waals surface area contributed by atoms with Gasteiger partial charge in [-0.1, -0.05) is 71.4 Å².